The molecule has 7 nitrogen and oxygen atoms in total. The van der Waals surface area contributed by atoms with Gasteiger partial charge in [-0.3, -0.25) is 9.89 Å². The minimum absolute atomic E-state index is 0.00395. The van der Waals surface area contributed by atoms with Gasteiger partial charge >= 0.3 is 0 Å². The summed E-state index contributed by atoms with van der Waals surface area (Å²) < 4.78 is 5.52. The maximum Gasteiger partial charge on any atom is 0.275 e. The lowest BCUT2D eigenvalue weighted by molar-refractivity contribution is 0.0779. The van der Waals surface area contributed by atoms with Crippen LogP contribution >= 0.6 is 0 Å². The molecule has 2 aromatic heterocycles. The zero-order chi connectivity index (χ0) is 17.3. The van der Waals surface area contributed by atoms with Gasteiger partial charge < -0.3 is 9.32 Å². The topological polar surface area (TPSA) is 87.9 Å². The Balaban J connectivity index is 1.23. The fraction of sp³-hybridized carbons (Fsp3) is 0.684. The van der Waals surface area contributed by atoms with Crippen molar-refractivity contribution in [3.63, 3.8) is 0 Å². The molecule has 0 unspecified atom stereocenters. The first-order valence-electron chi connectivity index (χ1n) is 9.93. The summed E-state index contributed by atoms with van der Waals surface area (Å²) in [6.07, 6.45) is 8.72. The molecule has 136 valence electrons. The van der Waals surface area contributed by atoms with E-state index in [9.17, 15) is 4.79 Å². The zero-order valence-corrected chi connectivity index (χ0v) is 14.7. The van der Waals surface area contributed by atoms with E-state index in [1.165, 1.54) is 31.9 Å². The molecule has 3 saturated carbocycles. The Hall–Kier alpha value is -2.18. The Labute approximate surface area is 151 Å². The molecule has 4 fully saturated rings. The Morgan fingerprint density at radius 2 is 1.88 bits per heavy atom. The second-order valence-corrected chi connectivity index (χ2v) is 8.52. The van der Waals surface area contributed by atoms with Gasteiger partial charge in [-0.2, -0.15) is 5.10 Å². The van der Waals surface area contributed by atoms with Crippen LogP contribution in [0.1, 0.15) is 84.3 Å². The normalized spacial score (nSPS) is 28.7. The SMILES string of the molecule is O=C(c1coc(C2CC2)n1)N1C[C@H](c2nc(C3CC3)n[nH]2)[C@@H](C2CC2)C1. The maximum absolute atomic E-state index is 12.9. The zero-order valence-electron chi connectivity index (χ0n) is 14.7. The minimum atomic E-state index is -0.00395. The summed E-state index contributed by atoms with van der Waals surface area (Å²) in [5.74, 6) is 5.10. The molecule has 1 amide bonds. The van der Waals surface area contributed by atoms with Crippen molar-refractivity contribution < 1.29 is 9.21 Å². The molecule has 3 heterocycles. The van der Waals surface area contributed by atoms with Gasteiger partial charge in [0, 0.05) is 30.8 Å². The maximum atomic E-state index is 12.9. The Morgan fingerprint density at radius 1 is 1.08 bits per heavy atom. The van der Waals surface area contributed by atoms with Crippen molar-refractivity contribution >= 4 is 5.91 Å². The van der Waals surface area contributed by atoms with Crippen molar-refractivity contribution in [1.29, 1.82) is 0 Å². The highest BCUT2D eigenvalue weighted by Gasteiger charge is 2.46. The van der Waals surface area contributed by atoms with Gasteiger partial charge in [0.15, 0.2) is 17.4 Å². The van der Waals surface area contributed by atoms with Gasteiger partial charge in [0.25, 0.3) is 5.91 Å². The molecule has 0 spiro atoms. The van der Waals surface area contributed by atoms with Gasteiger partial charge in [-0.25, -0.2) is 9.97 Å². The van der Waals surface area contributed by atoms with E-state index in [4.69, 9.17) is 9.40 Å². The molecule has 3 aliphatic carbocycles. The summed E-state index contributed by atoms with van der Waals surface area (Å²) >= 11 is 0. The first-order valence-corrected chi connectivity index (χ1v) is 9.93. The number of H-pyrrole nitrogens is 1. The fourth-order valence-corrected chi connectivity index (χ4v) is 4.33. The van der Waals surface area contributed by atoms with Crippen LogP contribution in [0.5, 0.6) is 0 Å². The van der Waals surface area contributed by atoms with Crippen LogP contribution in [0.2, 0.25) is 0 Å². The molecular formula is C19H23N5O2. The van der Waals surface area contributed by atoms with E-state index in [2.05, 4.69) is 15.2 Å². The van der Waals surface area contributed by atoms with Crippen molar-refractivity contribution in [1.82, 2.24) is 25.1 Å². The molecule has 0 aromatic carbocycles. The van der Waals surface area contributed by atoms with Gasteiger partial charge in [0.05, 0.1) is 0 Å². The molecule has 6 rings (SSSR count). The Kier molecular flexibility index (Phi) is 3.11. The van der Waals surface area contributed by atoms with Crippen molar-refractivity contribution in [2.75, 3.05) is 13.1 Å². The van der Waals surface area contributed by atoms with Crippen LogP contribution in [-0.2, 0) is 0 Å². The molecule has 1 aliphatic heterocycles. The van der Waals surface area contributed by atoms with E-state index in [0.717, 1.165) is 36.9 Å². The number of aromatic amines is 1. The second-order valence-electron chi connectivity index (χ2n) is 8.52. The molecule has 0 radical (unpaired) electrons. The third kappa shape index (κ3) is 2.56. The highest BCUT2D eigenvalue weighted by molar-refractivity contribution is 5.92. The Bertz CT molecular complexity index is 846. The van der Waals surface area contributed by atoms with Gasteiger partial charge in [0.2, 0.25) is 0 Å². The number of oxazole rings is 1. The average molecular weight is 353 g/mol. The number of amides is 1. The highest BCUT2D eigenvalue weighted by atomic mass is 16.3. The van der Waals surface area contributed by atoms with E-state index in [1.807, 2.05) is 4.90 Å². The average Bonchev–Trinajstić information content (AvgIpc) is 3.62. The van der Waals surface area contributed by atoms with E-state index in [-0.39, 0.29) is 11.8 Å². The molecule has 7 heteroatoms. The van der Waals surface area contributed by atoms with Crippen molar-refractivity contribution in [3.8, 4) is 0 Å². The quantitative estimate of drug-likeness (QED) is 0.893. The summed E-state index contributed by atoms with van der Waals surface area (Å²) in [6.45, 7) is 1.49. The third-order valence-electron chi connectivity index (χ3n) is 6.36. The Morgan fingerprint density at radius 3 is 2.62 bits per heavy atom. The van der Waals surface area contributed by atoms with Crippen molar-refractivity contribution in [2.45, 2.75) is 56.3 Å². The third-order valence-corrected chi connectivity index (χ3v) is 6.36. The molecule has 2 aromatic rings. The molecule has 1 N–H and O–H groups in total. The number of hydrogen-bond acceptors (Lipinski definition) is 5. The van der Waals surface area contributed by atoms with Gasteiger partial charge in [-0.15, -0.1) is 0 Å². The molecule has 26 heavy (non-hydrogen) atoms. The number of hydrogen-bond donors (Lipinski definition) is 1. The summed E-state index contributed by atoms with van der Waals surface area (Å²) in [6, 6.07) is 0. The highest BCUT2D eigenvalue weighted by Crippen LogP contribution is 2.48. The predicted octanol–water partition coefficient (Wildman–Crippen LogP) is 2.81. The van der Waals surface area contributed by atoms with Crippen LogP contribution in [0.3, 0.4) is 0 Å². The van der Waals surface area contributed by atoms with Gasteiger partial charge in [-0.05, 0) is 50.4 Å². The number of aromatic nitrogens is 4. The molecular weight excluding hydrogens is 330 g/mol. The van der Waals surface area contributed by atoms with Crippen LogP contribution < -0.4 is 0 Å². The number of nitrogens with one attached hydrogen (secondary N) is 1. The number of likely N-dealkylation sites (tertiary alicyclic amines) is 1. The second kappa shape index (κ2) is 5.41. The van der Waals surface area contributed by atoms with E-state index >= 15 is 0 Å². The summed E-state index contributed by atoms with van der Waals surface area (Å²) in [5.41, 5.74) is 0.457. The number of carbonyl (C=O) groups is 1. The lowest BCUT2D eigenvalue weighted by Crippen LogP contribution is -2.29. The fourth-order valence-electron chi connectivity index (χ4n) is 4.33. The van der Waals surface area contributed by atoms with Crippen LogP contribution in [-0.4, -0.2) is 44.1 Å². The molecule has 1 saturated heterocycles. The monoisotopic (exact) mass is 353 g/mol. The standard InChI is InChI=1S/C19H23N5O2/c25-19(15-9-26-18(20-15)12-5-6-12)24-7-13(10-1-2-10)14(8-24)17-21-16(22-23-17)11-3-4-11/h9-14H,1-8H2,(H,21,22,23)/t13-,14+/m1/s1. The molecule has 2 atom stereocenters. The van der Waals surface area contributed by atoms with E-state index in [0.29, 0.717) is 35.9 Å². The smallest absolute Gasteiger partial charge is 0.275 e. The summed E-state index contributed by atoms with van der Waals surface area (Å²) in [5, 5.41) is 7.60. The van der Waals surface area contributed by atoms with Crippen LogP contribution in [0, 0.1) is 11.8 Å². The largest absolute Gasteiger partial charge is 0.448 e. The van der Waals surface area contributed by atoms with Gasteiger partial charge in [0.1, 0.15) is 12.1 Å². The van der Waals surface area contributed by atoms with Crippen LogP contribution in [0.25, 0.3) is 0 Å². The van der Waals surface area contributed by atoms with E-state index in [1.54, 1.807) is 0 Å². The van der Waals surface area contributed by atoms with Gasteiger partial charge in [-0.1, -0.05) is 0 Å². The van der Waals surface area contributed by atoms with Crippen molar-refractivity contribution in [2.24, 2.45) is 11.8 Å². The predicted molar refractivity (Wildman–Crippen MR) is 91.7 cm³/mol. The lowest BCUT2D eigenvalue weighted by Gasteiger charge is -2.14. The first kappa shape index (κ1) is 14.9. The number of nitrogens with zero attached hydrogens (tertiary/aromatic N) is 4. The summed E-state index contributed by atoms with van der Waals surface area (Å²) in [4.78, 5) is 24.1. The number of carbonyl (C=O) groups excluding carboxylic acids is 1. The lowest BCUT2D eigenvalue weighted by atomic mass is 9.91. The van der Waals surface area contributed by atoms with E-state index < -0.39 is 0 Å². The van der Waals surface area contributed by atoms with Crippen LogP contribution in [0.15, 0.2) is 10.7 Å². The van der Waals surface area contributed by atoms with Crippen molar-refractivity contribution in [3.05, 3.63) is 29.5 Å². The first-order chi connectivity index (χ1) is 12.8. The van der Waals surface area contributed by atoms with Crippen LogP contribution in [0.4, 0.5) is 0 Å². The summed E-state index contributed by atoms with van der Waals surface area (Å²) in [7, 11) is 0. The molecule has 0 bridgehead atoms. The number of rotatable bonds is 5. The minimum Gasteiger partial charge on any atom is -0.448 e. The molecule has 4 aliphatic rings.